The molecule has 2 aromatic rings. The van der Waals surface area contributed by atoms with Crippen molar-refractivity contribution >= 4 is 5.82 Å². The van der Waals surface area contributed by atoms with Gasteiger partial charge in [-0.2, -0.15) is 0 Å². The van der Waals surface area contributed by atoms with Crippen molar-refractivity contribution in [1.82, 2.24) is 9.55 Å². The SMILES string of the molecule is CCCn1c(C2CC2)nc(CC(C)c2ccccc2)c1N. The van der Waals surface area contributed by atoms with Gasteiger partial charge in [0.1, 0.15) is 11.6 Å². The van der Waals surface area contributed by atoms with Crippen LogP contribution in [-0.4, -0.2) is 9.55 Å². The van der Waals surface area contributed by atoms with E-state index in [1.807, 2.05) is 0 Å². The number of nitrogen functional groups attached to an aromatic ring is 1. The van der Waals surface area contributed by atoms with E-state index in [1.165, 1.54) is 24.2 Å². The van der Waals surface area contributed by atoms with Gasteiger partial charge in [0.2, 0.25) is 0 Å². The summed E-state index contributed by atoms with van der Waals surface area (Å²) in [7, 11) is 0. The molecule has 3 nitrogen and oxygen atoms in total. The molecule has 1 unspecified atom stereocenters. The summed E-state index contributed by atoms with van der Waals surface area (Å²) in [5.41, 5.74) is 8.82. The van der Waals surface area contributed by atoms with Crippen LogP contribution in [0.5, 0.6) is 0 Å². The molecule has 0 amide bonds. The van der Waals surface area contributed by atoms with E-state index in [1.54, 1.807) is 0 Å². The molecule has 0 bridgehead atoms. The molecule has 0 saturated heterocycles. The van der Waals surface area contributed by atoms with Crippen molar-refractivity contribution in [2.24, 2.45) is 0 Å². The zero-order valence-electron chi connectivity index (χ0n) is 13.0. The summed E-state index contributed by atoms with van der Waals surface area (Å²) in [6.07, 6.45) is 4.57. The van der Waals surface area contributed by atoms with E-state index >= 15 is 0 Å². The summed E-state index contributed by atoms with van der Waals surface area (Å²) < 4.78 is 2.25. The third kappa shape index (κ3) is 2.97. The van der Waals surface area contributed by atoms with Gasteiger partial charge >= 0.3 is 0 Å². The van der Waals surface area contributed by atoms with Crippen molar-refractivity contribution in [3.8, 4) is 0 Å². The van der Waals surface area contributed by atoms with Crippen LogP contribution in [0.2, 0.25) is 0 Å². The van der Waals surface area contributed by atoms with Gasteiger partial charge in [-0.1, -0.05) is 44.2 Å². The highest BCUT2D eigenvalue weighted by Gasteiger charge is 2.30. The van der Waals surface area contributed by atoms with E-state index in [-0.39, 0.29) is 0 Å². The van der Waals surface area contributed by atoms with Gasteiger partial charge in [-0.15, -0.1) is 0 Å². The number of rotatable bonds is 6. The lowest BCUT2D eigenvalue weighted by atomic mass is 9.96. The standard InChI is InChI=1S/C18H25N3/c1-3-11-21-17(19)16(20-18(21)15-9-10-15)12-13(2)14-7-5-4-6-8-14/h4-8,13,15H,3,9-12,19H2,1-2H3. The molecule has 0 spiro atoms. The van der Waals surface area contributed by atoms with Crippen LogP contribution in [0, 0.1) is 0 Å². The second-order valence-corrected chi connectivity index (χ2v) is 6.24. The quantitative estimate of drug-likeness (QED) is 0.867. The van der Waals surface area contributed by atoms with Gasteiger partial charge in [-0.3, -0.25) is 0 Å². The van der Waals surface area contributed by atoms with E-state index in [0.717, 1.165) is 30.9 Å². The summed E-state index contributed by atoms with van der Waals surface area (Å²) in [4.78, 5) is 4.89. The van der Waals surface area contributed by atoms with Crippen LogP contribution < -0.4 is 5.73 Å². The second-order valence-electron chi connectivity index (χ2n) is 6.24. The molecular formula is C18H25N3. The van der Waals surface area contributed by atoms with Crippen molar-refractivity contribution in [1.29, 1.82) is 0 Å². The van der Waals surface area contributed by atoms with Crippen molar-refractivity contribution < 1.29 is 0 Å². The lowest BCUT2D eigenvalue weighted by Crippen LogP contribution is -2.07. The van der Waals surface area contributed by atoms with Crippen LogP contribution in [0.4, 0.5) is 5.82 Å². The van der Waals surface area contributed by atoms with Crippen molar-refractivity contribution in [2.75, 3.05) is 5.73 Å². The number of hydrogen-bond donors (Lipinski definition) is 1. The van der Waals surface area contributed by atoms with Gasteiger partial charge in [0.05, 0.1) is 5.69 Å². The molecule has 3 heteroatoms. The minimum absolute atomic E-state index is 0.450. The van der Waals surface area contributed by atoms with Crippen molar-refractivity contribution in [3.63, 3.8) is 0 Å². The number of nitrogens with zero attached hydrogens (tertiary/aromatic N) is 2. The predicted octanol–water partition coefficient (Wildman–Crippen LogP) is 4.10. The minimum Gasteiger partial charge on any atom is -0.384 e. The molecule has 2 N–H and O–H groups in total. The third-order valence-corrected chi connectivity index (χ3v) is 4.37. The monoisotopic (exact) mass is 283 g/mol. The first-order valence-electron chi connectivity index (χ1n) is 8.10. The molecule has 1 aliphatic carbocycles. The Morgan fingerprint density at radius 3 is 2.62 bits per heavy atom. The Kier molecular flexibility index (Phi) is 4.00. The topological polar surface area (TPSA) is 43.8 Å². The Morgan fingerprint density at radius 2 is 2.00 bits per heavy atom. The smallest absolute Gasteiger partial charge is 0.126 e. The summed E-state index contributed by atoms with van der Waals surface area (Å²) in [5.74, 6) is 3.22. The molecule has 1 saturated carbocycles. The highest BCUT2D eigenvalue weighted by molar-refractivity contribution is 5.41. The maximum absolute atomic E-state index is 6.38. The van der Waals surface area contributed by atoms with Crippen LogP contribution in [0.3, 0.4) is 0 Å². The molecular weight excluding hydrogens is 258 g/mol. The zero-order chi connectivity index (χ0) is 14.8. The number of anilines is 1. The molecule has 1 aliphatic rings. The molecule has 1 atom stereocenters. The Morgan fingerprint density at radius 1 is 1.29 bits per heavy atom. The van der Waals surface area contributed by atoms with Crippen LogP contribution in [0.25, 0.3) is 0 Å². The van der Waals surface area contributed by atoms with E-state index in [9.17, 15) is 0 Å². The fourth-order valence-corrected chi connectivity index (χ4v) is 2.99. The largest absolute Gasteiger partial charge is 0.384 e. The summed E-state index contributed by atoms with van der Waals surface area (Å²) >= 11 is 0. The van der Waals surface area contributed by atoms with E-state index < -0.39 is 0 Å². The normalized spacial score (nSPS) is 16.1. The predicted molar refractivity (Wildman–Crippen MR) is 87.5 cm³/mol. The highest BCUT2D eigenvalue weighted by atomic mass is 15.1. The number of imidazole rings is 1. The molecule has 1 fully saturated rings. The molecule has 1 aromatic carbocycles. The first-order chi connectivity index (χ1) is 10.2. The molecule has 112 valence electrons. The number of nitrogens with two attached hydrogens (primary N) is 1. The maximum atomic E-state index is 6.38. The molecule has 0 radical (unpaired) electrons. The van der Waals surface area contributed by atoms with Gasteiger partial charge in [-0.25, -0.2) is 4.98 Å². The maximum Gasteiger partial charge on any atom is 0.126 e. The second kappa shape index (κ2) is 5.92. The first-order valence-corrected chi connectivity index (χ1v) is 8.10. The first kappa shape index (κ1) is 14.2. The third-order valence-electron chi connectivity index (χ3n) is 4.37. The van der Waals surface area contributed by atoms with Crippen LogP contribution in [0.15, 0.2) is 30.3 Å². The number of aromatic nitrogens is 2. The number of benzene rings is 1. The molecule has 21 heavy (non-hydrogen) atoms. The average Bonchev–Trinajstić information content (AvgIpc) is 3.30. The van der Waals surface area contributed by atoms with Gasteiger partial charge in [-0.05, 0) is 37.2 Å². The lowest BCUT2D eigenvalue weighted by molar-refractivity contribution is 0.646. The highest BCUT2D eigenvalue weighted by Crippen LogP contribution is 2.41. The Balaban J connectivity index is 1.83. The van der Waals surface area contributed by atoms with E-state index in [0.29, 0.717) is 11.8 Å². The van der Waals surface area contributed by atoms with Gasteiger partial charge < -0.3 is 10.3 Å². The molecule has 1 aromatic heterocycles. The van der Waals surface area contributed by atoms with E-state index in [2.05, 4.69) is 48.7 Å². The Labute approximate surface area is 127 Å². The minimum atomic E-state index is 0.450. The van der Waals surface area contributed by atoms with Crippen LogP contribution in [0.1, 0.15) is 62.0 Å². The van der Waals surface area contributed by atoms with Gasteiger partial charge in [0.15, 0.2) is 0 Å². The van der Waals surface area contributed by atoms with Crippen molar-refractivity contribution in [2.45, 2.75) is 57.9 Å². The average molecular weight is 283 g/mol. The Bertz CT molecular complexity index is 596. The molecule has 3 rings (SSSR count). The molecule has 1 heterocycles. The zero-order valence-corrected chi connectivity index (χ0v) is 13.0. The number of hydrogen-bond acceptors (Lipinski definition) is 2. The van der Waals surface area contributed by atoms with E-state index in [4.69, 9.17) is 10.7 Å². The fourth-order valence-electron chi connectivity index (χ4n) is 2.99. The fraction of sp³-hybridized carbons (Fsp3) is 0.500. The van der Waals surface area contributed by atoms with Crippen LogP contribution >= 0.6 is 0 Å². The summed E-state index contributed by atoms with van der Waals surface area (Å²) in [5, 5.41) is 0. The summed E-state index contributed by atoms with van der Waals surface area (Å²) in [6, 6.07) is 10.6. The van der Waals surface area contributed by atoms with Crippen LogP contribution in [-0.2, 0) is 13.0 Å². The summed E-state index contributed by atoms with van der Waals surface area (Å²) in [6.45, 7) is 5.44. The van der Waals surface area contributed by atoms with Gasteiger partial charge in [0.25, 0.3) is 0 Å². The Hall–Kier alpha value is -1.77. The molecule has 0 aliphatic heterocycles. The lowest BCUT2D eigenvalue weighted by Gasteiger charge is -2.11. The van der Waals surface area contributed by atoms with Crippen molar-refractivity contribution in [3.05, 3.63) is 47.4 Å². The van der Waals surface area contributed by atoms with Gasteiger partial charge in [0, 0.05) is 12.5 Å².